The van der Waals surface area contributed by atoms with Crippen molar-refractivity contribution in [2.45, 2.75) is 20.0 Å². The van der Waals surface area contributed by atoms with Crippen LogP contribution in [0.25, 0.3) is 21.8 Å². The zero-order chi connectivity index (χ0) is 23.7. The fourth-order valence-corrected chi connectivity index (χ4v) is 5.27. The average Bonchev–Trinajstić information content (AvgIpc) is 3.21. The van der Waals surface area contributed by atoms with Gasteiger partial charge >= 0.3 is 0 Å². The molecule has 1 aromatic heterocycles. The highest BCUT2D eigenvalue weighted by atomic mass is 16.5. The van der Waals surface area contributed by atoms with Crippen molar-refractivity contribution in [3.63, 3.8) is 0 Å². The summed E-state index contributed by atoms with van der Waals surface area (Å²) in [5, 5.41) is 2.65. The molecule has 0 spiro atoms. The van der Waals surface area contributed by atoms with Gasteiger partial charge in [-0.25, -0.2) is 0 Å². The number of carbonyl (C=O) groups is 1. The van der Waals surface area contributed by atoms with E-state index in [1.165, 1.54) is 32.3 Å². The highest BCUT2D eigenvalue weighted by Gasteiger charge is 2.27. The maximum Gasteiger partial charge on any atom is 0.258 e. The Morgan fingerprint density at radius 3 is 2.41 bits per heavy atom. The van der Waals surface area contributed by atoms with Crippen LogP contribution in [0.5, 0.6) is 11.5 Å². The van der Waals surface area contributed by atoms with Gasteiger partial charge in [0.1, 0.15) is 6.54 Å². The van der Waals surface area contributed by atoms with Gasteiger partial charge in [-0.15, -0.1) is 0 Å². The van der Waals surface area contributed by atoms with Crippen LogP contribution in [0.4, 0.5) is 0 Å². The quantitative estimate of drug-likeness (QED) is 0.482. The van der Waals surface area contributed by atoms with E-state index in [1.54, 1.807) is 14.2 Å². The van der Waals surface area contributed by atoms with Crippen LogP contribution in [-0.2, 0) is 13.1 Å². The number of para-hydroxylation sites is 2. The SMILES string of the molecule is CCn1c2ccccc2c2cc(C[NH+]3CCN(C(=O)c4cccc(OC)c4OC)CC3)ccc21. The number of rotatable bonds is 6. The molecule has 0 saturated carbocycles. The summed E-state index contributed by atoms with van der Waals surface area (Å²) in [6.07, 6.45) is 0. The van der Waals surface area contributed by atoms with Gasteiger partial charge in [0.25, 0.3) is 5.91 Å². The van der Waals surface area contributed by atoms with Crippen LogP contribution in [0.1, 0.15) is 22.8 Å². The van der Waals surface area contributed by atoms with Gasteiger partial charge in [0.15, 0.2) is 11.5 Å². The summed E-state index contributed by atoms with van der Waals surface area (Å²) >= 11 is 0. The van der Waals surface area contributed by atoms with Crippen molar-refractivity contribution >= 4 is 27.7 Å². The highest BCUT2D eigenvalue weighted by Crippen LogP contribution is 2.32. The van der Waals surface area contributed by atoms with E-state index in [0.717, 1.165) is 39.3 Å². The number of quaternary nitrogens is 1. The molecule has 6 nitrogen and oxygen atoms in total. The summed E-state index contributed by atoms with van der Waals surface area (Å²) in [5.41, 5.74) is 4.49. The van der Waals surface area contributed by atoms with Gasteiger partial charge in [0.2, 0.25) is 0 Å². The topological polar surface area (TPSA) is 48.1 Å². The van der Waals surface area contributed by atoms with Crippen molar-refractivity contribution in [1.82, 2.24) is 9.47 Å². The molecule has 0 unspecified atom stereocenters. The number of hydrogen-bond donors (Lipinski definition) is 1. The van der Waals surface area contributed by atoms with Crippen molar-refractivity contribution < 1.29 is 19.2 Å². The molecular formula is C28H32N3O3+. The first-order valence-corrected chi connectivity index (χ1v) is 12.0. The summed E-state index contributed by atoms with van der Waals surface area (Å²) in [4.78, 5) is 16.6. The van der Waals surface area contributed by atoms with Crippen molar-refractivity contribution in [2.75, 3.05) is 40.4 Å². The lowest BCUT2D eigenvalue weighted by molar-refractivity contribution is -0.917. The van der Waals surface area contributed by atoms with E-state index in [0.29, 0.717) is 17.1 Å². The first kappa shape index (κ1) is 22.3. The number of piperazine rings is 1. The predicted molar refractivity (Wildman–Crippen MR) is 135 cm³/mol. The standard InChI is InChI=1S/C28H31N3O3/c1-4-31-24-10-6-5-8-21(24)23-18-20(12-13-25(23)31)19-29-14-16-30(17-15-29)28(32)22-9-7-11-26(33-2)27(22)34-3/h5-13,18H,4,14-17,19H2,1-3H3/p+1. The van der Waals surface area contributed by atoms with E-state index in [1.807, 2.05) is 23.1 Å². The number of nitrogens with one attached hydrogen (secondary N) is 1. The smallest absolute Gasteiger partial charge is 0.258 e. The summed E-state index contributed by atoms with van der Waals surface area (Å²) < 4.78 is 13.2. The number of nitrogens with zero attached hydrogens (tertiary/aromatic N) is 2. The van der Waals surface area contributed by atoms with Gasteiger partial charge < -0.3 is 23.8 Å². The molecule has 0 aliphatic carbocycles. The zero-order valence-corrected chi connectivity index (χ0v) is 20.1. The largest absolute Gasteiger partial charge is 0.493 e. The molecular weight excluding hydrogens is 426 g/mol. The van der Waals surface area contributed by atoms with Gasteiger partial charge in [-0.3, -0.25) is 4.79 Å². The van der Waals surface area contributed by atoms with E-state index in [2.05, 4.69) is 54.0 Å². The maximum absolute atomic E-state index is 13.2. The minimum Gasteiger partial charge on any atom is -0.493 e. The van der Waals surface area contributed by atoms with Crippen molar-refractivity contribution in [3.05, 3.63) is 71.8 Å². The molecule has 0 bridgehead atoms. The Kier molecular flexibility index (Phi) is 6.16. The van der Waals surface area contributed by atoms with E-state index in [-0.39, 0.29) is 5.91 Å². The lowest BCUT2D eigenvalue weighted by Gasteiger charge is -2.32. The number of hydrogen-bond acceptors (Lipinski definition) is 3. The van der Waals surface area contributed by atoms with E-state index in [4.69, 9.17) is 9.47 Å². The normalized spacial score (nSPS) is 14.6. The van der Waals surface area contributed by atoms with Gasteiger partial charge in [-0.05, 0) is 37.3 Å². The number of aromatic nitrogens is 1. The number of carbonyl (C=O) groups excluding carboxylic acids is 1. The van der Waals surface area contributed by atoms with Crippen molar-refractivity contribution in [1.29, 1.82) is 0 Å². The number of amides is 1. The number of fused-ring (bicyclic) bond motifs is 3. The molecule has 1 N–H and O–H groups in total. The van der Waals surface area contributed by atoms with Crippen LogP contribution in [0.2, 0.25) is 0 Å². The highest BCUT2D eigenvalue weighted by molar-refractivity contribution is 6.08. The number of aryl methyl sites for hydroxylation is 1. The summed E-state index contributed by atoms with van der Waals surface area (Å²) in [6.45, 7) is 7.43. The number of ether oxygens (including phenoxy) is 2. The van der Waals surface area contributed by atoms with Gasteiger partial charge in [-0.1, -0.05) is 30.3 Å². The Balaban J connectivity index is 1.30. The third-order valence-electron chi connectivity index (χ3n) is 7.00. The Labute approximate surface area is 200 Å². The van der Waals surface area contributed by atoms with Crippen molar-refractivity contribution in [2.24, 2.45) is 0 Å². The van der Waals surface area contributed by atoms with Crippen LogP contribution in [0.3, 0.4) is 0 Å². The van der Waals surface area contributed by atoms with Crippen LogP contribution in [-0.4, -0.2) is 55.8 Å². The fraction of sp³-hybridized carbons (Fsp3) is 0.321. The molecule has 0 atom stereocenters. The maximum atomic E-state index is 13.2. The monoisotopic (exact) mass is 458 g/mol. The molecule has 0 radical (unpaired) electrons. The van der Waals surface area contributed by atoms with Crippen LogP contribution < -0.4 is 14.4 Å². The molecule has 5 rings (SSSR count). The molecule has 176 valence electrons. The molecule has 1 aliphatic heterocycles. The molecule has 1 saturated heterocycles. The Hall–Kier alpha value is -3.51. The number of benzene rings is 3. The first-order valence-electron chi connectivity index (χ1n) is 12.0. The molecule has 1 fully saturated rings. The molecule has 3 aromatic carbocycles. The minimum atomic E-state index is 0.00333. The molecule has 34 heavy (non-hydrogen) atoms. The van der Waals surface area contributed by atoms with Gasteiger partial charge in [0.05, 0.1) is 46.0 Å². The third kappa shape index (κ3) is 3.88. The molecule has 6 heteroatoms. The van der Waals surface area contributed by atoms with E-state index in [9.17, 15) is 4.79 Å². The minimum absolute atomic E-state index is 0.00333. The second-order valence-corrected chi connectivity index (χ2v) is 8.87. The Bertz CT molecular complexity index is 1340. The Morgan fingerprint density at radius 1 is 0.912 bits per heavy atom. The van der Waals surface area contributed by atoms with Crippen LogP contribution in [0.15, 0.2) is 60.7 Å². The fourth-order valence-electron chi connectivity index (χ4n) is 5.27. The first-order chi connectivity index (χ1) is 16.6. The summed E-state index contributed by atoms with van der Waals surface area (Å²) in [7, 11) is 3.16. The van der Waals surface area contributed by atoms with E-state index < -0.39 is 0 Å². The molecule has 4 aromatic rings. The molecule has 1 aliphatic rings. The molecule has 2 heterocycles. The van der Waals surface area contributed by atoms with Crippen molar-refractivity contribution in [3.8, 4) is 11.5 Å². The van der Waals surface area contributed by atoms with Crippen LogP contribution >= 0.6 is 0 Å². The predicted octanol–water partition coefficient (Wildman–Crippen LogP) is 3.37. The second kappa shape index (κ2) is 9.39. The zero-order valence-electron chi connectivity index (χ0n) is 20.1. The summed E-state index contributed by atoms with van der Waals surface area (Å²) in [6, 6.07) is 21.0. The molecule has 1 amide bonds. The van der Waals surface area contributed by atoms with E-state index >= 15 is 0 Å². The number of methoxy groups -OCH3 is 2. The third-order valence-corrected chi connectivity index (χ3v) is 7.00. The van der Waals surface area contributed by atoms with Gasteiger partial charge in [-0.2, -0.15) is 0 Å². The summed E-state index contributed by atoms with van der Waals surface area (Å²) in [5.74, 6) is 1.09. The average molecular weight is 459 g/mol. The van der Waals surface area contributed by atoms with Gasteiger partial charge in [0, 0.05) is 33.9 Å². The lowest BCUT2D eigenvalue weighted by atomic mass is 10.1. The Morgan fingerprint density at radius 2 is 1.68 bits per heavy atom. The second-order valence-electron chi connectivity index (χ2n) is 8.87. The van der Waals surface area contributed by atoms with Crippen LogP contribution in [0, 0.1) is 0 Å². The lowest BCUT2D eigenvalue weighted by Crippen LogP contribution is -3.13.